The van der Waals surface area contributed by atoms with Crippen molar-refractivity contribution in [2.75, 3.05) is 0 Å². The lowest BCUT2D eigenvalue weighted by molar-refractivity contribution is 0.0441. The van der Waals surface area contributed by atoms with Gasteiger partial charge in [-0.3, -0.25) is 0 Å². The molecule has 0 saturated carbocycles. The average Bonchev–Trinajstić information content (AvgIpc) is 2.74. The summed E-state index contributed by atoms with van der Waals surface area (Å²) in [6.07, 6.45) is -0.808. The van der Waals surface area contributed by atoms with Crippen LogP contribution in [0.25, 0.3) is 10.1 Å². The Morgan fingerprint density at radius 3 is 3.00 bits per heavy atom. The molecule has 0 aliphatic carbocycles. The number of nitriles is 1. The van der Waals surface area contributed by atoms with Gasteiger partial charge in [0.25, 0.3) is 0 Å². The number of benzene rings is 1. The van der Waals surface area contributed by atoms with Gasteiger partial charge >= 0.3 is 5.97 Å². The Bertz CT molecular complexity index is 614. The predicted molar refractivity (Wildman–Crippen MR) is 62.3 cm³/mol. The summed E-state index contributed by atoms with van der Waals surface area (Å²) >= 11 is 1.15. The van der Waals surface area contributed by atoms with Crippen LogP contribution in [-0.4, -0.2) is 12.1 Å². The average molecular weight is 249 g/mol. The molecule has 2 rings (SSSR count). The highest BCUT2D eigenvalue weighted by atomic mass is 32.1. The van der Waals surface area contributed by atoms with Gasteiger partial charge in [0.1, 0.15) is 16.8 Å². The number of carbonyl (C=O) groups excluding carboxylic acids is 1. The topological polar surface area (TPSA) is 50.1 Å². The first-order valence-electron chi connectivity index (χ1n) is 4.90. The molecule has 1 atom stereocenters. The van der Waals surface area contributed by atoms with Crippen molar-refractivity contribution in [2.24, 2.45) is 0 Å². The van der Waals surface area contributed by atoms with Crippen molar-refractivity contribution in [3.8, 4) is 6.07 Å². The SMILES string of the molecule is C[C@@H](C#N)OC(=O)c1cc2c(F)cccc2s1. The Balaban J connectivity index is 2.34. The number of ether oxygens (including phenoxy) is 1. The predicted octanol–water partition coefficient (Wildman–Crippen LogP) is 3.11. The van der Waals surface area contributed by atoms with Crippen molar-refractivity contribution < 1.29 is 13.9 Å². The van der Waals surface area contributed by atoms with E-state index in [2.05, 4.69) is 0 Å². The number of thiophene rings is 1. The standard InChI is InChI=1S/C12H8FNO2S/c1-7(6-14)16-12(15)11-5-8-9(13)3-2-4-10(8)17-11/h2-5,7H,1H3/t7-/m0/s1. The molecule has 17 heavy (non-hydrogen) atoms. The number of rotatable bonds is 2. The van der Waals surface area contributed by atoms with Gasteiger partial charge in [-0.15, -0.1) is 11.3 Å². The van der Waals surface area contributed by atoms with E-state index in [0.717, 1.165) is 11.3 Å². The van der Waals surface area contributed by atoms with Crippen molar-refractivity contribution in [1.29, 1.82) is 5.26 Å². The molecule has 0 unspecified atom stereocenters. The highest BCUT2D eigenvalue weighted by Crippen LogP contribution is 2.28. The van der Waals surface area contributed by atoms with Gasteiger partial charge in [-0.2, -0.15) is 5.26 Å². The normalized spacial score (nSPS) is 12.1. The van der Waals surface area contributed by atoms with Crippen molar-refractivity contribution >= 4 is 27.4 Å². The molecule has 0 fully saturated rings. The fourth-order valence-electron chi connectivity index (χ4n) is 1.37. The fraction of sp³-hybridized carbons (Fsp3) is 0.167. The summed E-state index contributed by atoms with van der Waals surface area (Å²) in [6.45, 7) is 1.48. The van der Waals surface area contributed by atoms with Crippen LogP contribution in [0, 0.1) is 17.1 Å². The first-order chi connectivity index (χ1) is 8.11. The molecule has 0 aliphatic heterocycles. The molecule has 1 heterocycles. The number of fused-ring (bicyclic) bond motifs is 1. The molecule has 1 aromatic carbocycles. The van der Waals surface area contributed by atoms with Gasteiger partial charge in [0.2, 0.25) is 0 Å². The van der Waals surface area contributed by atoms with Crippen LogP contribution in [0.2, 0.25) is 0 Å². The molecule has 0 amide bonds. The Labute approximate surface area is 101 Å². The minimum absolute atomic E-state index is 0.298. The maximum atomic E-state index is 13.4. The monoisotopic (exact) mass is 249 g/mol. The molecule has 0 bridgehead atoms. The Kier molecular flexibility index (Phi) is 3.07. The highest BCUT2D eigenvalue weighted by Gasteiger charge is 2.15. The van der Waals surface area contributed by atoms with Gasteiger partial charge in [-0.05, 0) is 25.1 Å². The van der Waals surface area contributed by atoms with E-state index in [1.807, 2.05) is 0 Å². The summed E-state index contributed by atoms with van der Waals surface area (Å²) in [4.78, 5) is 11.9. The Morgan fingerprint density at radius 1 is 1.59 bits per heavy atom. The second kappa shape index (κ2) is 4.52. The van der Waals surface area contributed by atoms with Crippen molar-refractivity contribution in [3.05, 3.63) is 35.0 Å². The number of esters is 1. The minimum Gasteiger partial charge on any atom is -0.443 e. The van der Waals surface area contributed by atoms with E-state index in [4.69, 9.17) is 10.00 Å². The molecule has 3 nitrogen and oxygen atoms in total. The molecule has 0 spiro atoms. The first kappa shape index (κ1) is 11.6. The zero-order chi connectivity index (χ0) is 12.4. The molecular weight excluding hydrogens is 241 g/mol. The van der Waals surface area contributed by atoms with Crippen LogP contribution in [0.5, 0.6) is 0 Å². The zero-order valence-corrected chi connectivity index (χ0v) is 9.75. The van der Waals surface area contributed by atoms with Gasteiger partial charge in [-0.25, -0.2) is 9.18 Å². The third-order valence-electron chi connectivity index (χ3n) is 2.18. The molecule has 0 radical (unpaired) electrons. The summed E-state index contributed by atoms with van der Waals surface area (Å²) in [5.41, 5.74) is 0. The van der Waals surface area contributed by atoms with Crippen LogP contribution in [0.3, 0.4) is 0 Å². The Hall–Kier alpha value is -1.93. The fourth-order valence-corrected chi connectivity index (χ4v) is 2.33. The lowest BCUT2D eigenvalue weighted by Gasteiger charge is -2.02. The number of halogens is 1. The summed E-state index contributed by atoms with van der Waals surface area (Å²) in [6, 6.07) is 7.89. The Morgan fingerprint density at radius 2 is 2.35 bits per heavy atom. The molecule has 2 aromatic rings. The molecular formula is C12H8FNO2S. The lowest BCUT2D eigenvalue weighted by Crippen LogP contribution is -2.11. The summed E-state index contributed by atoms with van der Waals surface area (Å²) in [5.74, 6) is -0.967. The van der Waals surface area contributed by atoms with Crippen LogP contribution in [0.1, 0.15) is 16.6 Å². The quantitative estimate of drug-likeness (QED) is 0.768. The highest BCUT2D eigenvalue weighted by molar-refractivity contribution is 7.20. The molecule has 1 aromatic heterocycles. The van der Waals surface area contributed by atoms with Crippen LogP contribution in [0.15, 0.2) is 24.3 Å². The number of hydrogen-bond donors (Lipinski definition) is 0. The molecule has 0 N–H and O–H groups in total. The third kappa shape index (κ3) is 2.27. The summed E-state index contributed by atoms with van der Waals surface area (Å²) in [7, 11) is 0. The van der Waals surface area contributed by atoms with Gasteiger partial charge in [0, 0.05) is 10.1 Å². The molecule has 86 valence electrons. The van der Waals surface area contributed by atoms with Gasteiger partial charge < -0.3 is 4.74 Å². The van der Waals surface area contributed by atoms with E-state index >= 15 is 0 Å². The molecule has 0 aliphatic rings. The van der Waals surface area contributed by atoms with Gasteiger partial charge in [0.15, 0.2) is 6.10 Å². The largest absolute Gasteiger partial charge is 0.443 e. The van der Waals surface area contributed by atoms with E-state index in [1.54, 1.807) is 18.2 Å². The van der Waals surface area contributed by atoms with E-state index in [1.165, 1.54) is 19.1 Å². The minimum atomic E-state index is -0.808. The van der Waals surface area contributed by atoms with Gasteiger partial charge in [-0.1, -0.05) is 6.07 Å². The number of nitrogens with zero attached hydrogens (tertiary/aromatic N) is 1. The molecule has 5 heteroatoms. The third-order valence-corrected chi connectivity index (χ3v) is 3.26. The number of hydrogen-bond acceptors (Lipinski definition) is 4. The van der Waals surface area contributed by atoms with Crippen LogP contribution in [0.4, 0.5) is 4.39 Å². The van der Waals surface area contributed by atoms with Crippen LogP contribution >= 0.6 is 11.3 Å². The van der Waals surface area contributed by atoms with Crippen molar-refractivity contribution in [2.45, 2.75) is 13.0 Å². The van der Waals surface area contributed by atoms with E-state index in [0.29, 0.717) is 15.0 Å². The summed E-state index contributed by atoms with van der Waals surface area (Å²) < 4.78 is 18.9. The van der Waals surface area contributed by atoms with E-state index in [9.17, 15) is 9.18 Å². The van der Waals surface area contributed by atoms with Crippen molar-refractivity contribution in [1.82, 2.24) is 0 Å². The van der Waals surface area contributed by atoms with Crippen LogP contribution < -0.4 is 0 Å². The van der Waals surface area contributed by atoms with E-state index in [-0.39, 0.29) is 5.82 Å². The second-order valence-electron chi connectivity index (χ2n) is 3.44. The summed E-state index contributed by atoms with van der Waals surface area (Å²) in [5, 5.41) is 8.93. The number of carbonyl (C=O) groups is 1. The first-order valence-corrected chi connectivity index (χ1v) is 5.72. The lowest BCUT2D eigenvalue weighted by atomic mass is 10.2. The van der Waals surface area contributed by atoms with Crippen molar-refractivity contribution in [3.63, 3.8) is 0 Å². The molecule has 0 saturated heterocycles. The zero-order valence-electron chi connectivity index (χ0n) is 8.94. The smallest absolute Gasteiger partial charge is 0.349 e. The maximum Gasteiger partial charge on any atom is 0.349 e. The van der Waals surface area contributed by atoms with Gasteiger partial charge in [0.05, 0.1) is 0 Å². The van der Waals surface area contributed by atoms with E-state index < -0.39 is 12.1 Å². The maximum absolute atomic E-state index is 13.4. The van der Waals surface area contributed by atoms with Crippen LogP contribution in [-0.2, 0) is 4.74 Å². The second-order valence-corrected chi connectivity index (χ2v) is 4.52.